The quantitative estimate of drug-likeness (QED) is 0.742. The first-order chi connectivity index (χ1) is 8.25. The number of aromatic nitrogens is 2. The van der Waals surface area contributed by atoms with Gasteiger partial charge in [-0.25, -0.2) is 4.98 Å². The second kappa shape index (κ2) is 5.93. The summed E-state index contributed by atoms with van der Waals surface area (Å²) >= 11 is 0. The standard InChI is InChI=1S/C12H19N3O2/c1-10-6-12(16)15(9-14-10)4-3-13-7-11-2-5-17-8-11/h6,9,11,13H,2-5,7-8H2,1H3. The van der Waals surface area contributed by atoms with Gasteiger partial charge in [0.2, 0.25) is 0 Å². The van der Waals surface area contributed by atoms with Gasteiger partial charge in [-0.3, -0.25) is 9.36 Å². The lowest BCUT2D eigenvalue weighted by atomic mass is 10.1. The molecule has 1 atom stereocenters. The van der Waals surface area contributed by atoms with Crippen LogP contribution in [0, 0.1) is 12.8 Å². The van der Waals surface area contributed by atoms with E-state index in [2.05, 4.69) is 10.3 Å². The Morgan fingerprint density at radius 3 is 3.24 bits per heavy atom. The van der Waals surface area contributed by atoms with Crippen LogP contribution in [0.3, 0.4) is 0 Å². The van der Waals surface area contributed by atoms with Crippen molar-refractivity contribution in [2.75, 3.05) is 26.3 Å². The van der Waals surface area contributed by atoms with Crippen LogP contribution in [0.5, 0.6) is 0 Å². The van der Waals surface area contributed by atoms with Crippen molar-refractivity contribution in [3.8, 4) is 0 Å². The summed E-state index contributed by atoms with van der Waals surface area (Å²) in [6, 6.07) is 1.56. The number of ether oxygens (including phenoxy) is 1. The number of nitrogens with zero attached hydrogens (tertiary/aromatic N) is 2. The molecule has 17 heavy (non-hydrogen) atoms. The molecule has 0 radical (unpaired) electrons. The highest BCUT2D eigenvalue weighted by Gasteiger charge is 2.14. The van der Waals surface area contributed by atoms with E-state index in [1.54, 1.807) is 17.0 Å². The normalized spacial score (nSPS) is 19.7. The summed E-state index contributed by atoms with van der Waals surface area (Å²) in [5.41, 5.74) is 0.783. The second-order valence-corrected chi connectivity index (χ2v) is 4.50. The third-order valence-electron chi connectivity index (χ3n) is 3.00. The highest BCUT2D eigenvalue weighted by molar-refractivity contribution is 4.95. The third-order valence-corrected chi connectivity index (χ3v) is 3.00. The summed E-state index contributed by atoms with van der Waals surface area (Å²) in [5.74, 6) is 0.628. The summed E-state index contributed by atoms with van der Waals surface area (Å²) in [6.07, 6.45) is 2.75. The van der Waals surface area contributed by atoms with Gasteiger partial charge < -0.3 is 10.1 Å². The monoisotopic (exact) mass is 237 g/mol. The van der Waals surface area contributed by atoms with Crippen LogP contribution < -0.4 is 10.9 Å². The van der Waals surface area contributed by atoms with Crippen molar-refractivity contribution in [1.29, 1.82) is 0 Å². The zero-order valence-corrected chi connectivity index (χ0v) is 10.2. The summed E-state index contributed by atoms with van der Waals surface area (Å²) < 4.78 is 6.93. The average Bonchev–Trinajstić information content (AvgIpc) is 2.79. The summed E-state index contributed by atoms with van der Waals surface area (Å²) in [4.78, 5) is 15.7. The van der Waals surface area contributed by atoms with E-state index in [-0.39, 0.29) is 5.56 Å². The molecule has 2 heterocycles. The van der Waals surface area contributed by atoms with E-state index in [1.165, 1.54) is 0 Å². The van der Waals surface area contributed by atoms with Crippen molar-refractivity contribution in [2.45, 2.75) is 19.9 Å². The zero-order chi connectivity index (χ0) is 12.1. The SMILES string of the molecule is Cc1cc(=O)n(CCNCC2CCOC2)cn1. The molecule has 0 amide bonds. The molecule has 0 aliphatic carbocycles. The van der Waals surface area contributed by atoms with Crippen molar-refractivity contribution in [3.05, 3.63) is 28.4 Å². The lowest BCUT2D eigenvalue weighted by molar-refractivity contribution is 0.185. The zero-order valence-electron chi connectivity index (χ0n) is 10.2. The summed E-state index contributed by atoms with van der Waals surface area (Å²) in [7, 11) is 0. The molecule has 0 saturated carbocycles. The van der Waals surface area contributed by atoms with Crippen LogP contribution in [0.4, 0.5) is 0 Å². The third kappa shape index (κ3) is 3.64. The number of hydrogen-bond donors (Lipinski definition) is 1. The highest BCUT2D eigenvalue weighted by Crippen LogP contribution is 2.10. The van der Waals surface area contributed by atoms with Crippen molar-refractivity contribution in [2.24, 2.45) is 5.92 Å². The number of rotatable bonds is 5. The van der Waals surface area contributed by atoms with E-state index >= 15 is 0 Å². The van der Waals surface area contributed by atoms with Gasteiger partial charge >= 0.3 is 0 Å². The fourth-order valence-electron chi connectivity index (χ4n) is 1.93. The molecule has 1 aromatic rings. The maximum atomic E-state index is 11.6. The Bertz CT molecular complexity index is 410. The molecule has 2 rings (SSSR count). The lowest BCUT2D eigenvalue weighted by Gasteiger charge is -2.10. The van der Waals surface area contributed by atoms with Gasteiger partial charge in [-0.05, 0) is 19.3 Å². The Labute approximate surface area is 101 Å². The lowest BCUT2D eigenvalue weighted by Crippen LogP contribution is -2.30. The number of aryl methyl sites for hydroxylation is 1. The van der Waals surface area contributed by atoms with E-state index in [0.717, 1.165) is 38.4 Å². The largest absolute Gasteiger partial charge is 0.381 e. The molecular formula is C12H19N3O2. The predicted molar refractivity (Wildman–Crippen MR) is 65.0 cm³/mol. The first-order valence-electron chi connectivity index (χ1n) is 6.07. The van der Waals surface area contributed by atoms with Gasteiger partial charge in [0.25, 0.3) is 5.56 Å². The van der Waals surface area contributed by atoms with E-state index in [9.17, 15) is 4.79 Å². The van der Waals surface area contributed by atoms with Gasteiger partial charge in [-0.1, -0.05) is 0 Å². The first-order valence-corrected chi connectivity index (χ1v) is 6.07. The first kappa shape index (κ1) is 12.3. The fourth-order valence-corrected chi connectivity index (χ4v) is 1.93. The summed E-state index contributed by atoms with van der Waals surface area (Å²) in [6.45, 7) is 5.99. The maximum absolute atomic E-state index is 11.6. The second-order valence-electron chi connectivity index (χ2n) is 4.50. The Morgan fingerprint density at radius 1 is 1.65 bits per heavy atom. The molecule has 0 aromatic carbocycles. The van der Waals surface area contributed by atoms with Crippen LogP contribution in [-0.4, -0.2) is 35.9 Å². The molecular weight excluding hydrogens is 218 g/mol. The van der Waals surface area contributed by atoms with Crippen LogP contribution in [0.1, 0.15) is 12.1 Å². The average molecular weight is 237 g/mol. The molecule has 0 spiro atoms. The Kier molecular flexibility index (Phi) is 4.28. The van der Waals surface area contributed by atoms with Crippen molar-refractivity contribution < 1.29 is 4.74 Å². The topological polar surface area (TPSA) is 56.2 Å². The molecule has 0 bridgehead atoms. The van der Waals surface area contributed by atoms with Gasteiger partial charge in [0, 0.05) is 38.0 Å². The fraction of sp³-hybridized carbons (Fsp3) is 0.667. The minimum absolute atomic E-state index is 0.0171. The summed E-state index contributed by atoms with van der Waals surface area (Å²) in [5, 5.41) is 3.35. The van der Waals surface area contributed by atoms with Crippen LogP contribution in [0.2, 0.25) is 0 Å². The molecule has 1 aromatic heterocycles. The van der Waals surface area contributed by atoms with Crippen LogP contribution in [-0.2, 0) is 11.3 Å². The molecule has 94 valence electrons. The van der Waals surface area contributed by atoms with Gasteiger partial charge in [0.1, 0.15) is 0 Å². The molecule has 5 heteroatoms. The molecule has 1 aliphatic heterocycles. The number of hydrogen-bond acceptors (Lipinski definition) is 4. The van der Waals surface area contributed by atoms with E-state index < -0.39 is 0 Å². The molecule has 1 unspecified atom stereocenters. The van der Waals surface area contributed by atoms with Gasteiger partial charge in [0.05, 0.1) is 12.9 Å². The molecule has 1 fully saturated rings. The van der Waals surface area contributed by atoms with Crippen LogP contribution in [0.25, 0.3) is 0 Å². The van der Waals surface area contributed by atoms with E-state index in [1.807, 2.05) is 6.92 Å². The minimum atomic E-state index is 0.0171. The molecule has 1 aliphatic rings. The number of nitrogens with one attached hydrogen (secondary N) is 1. The maximum Gasteiger partial charge on any atom is 0.253 e. The highest BCUT2D eigenvalue weighted by atomic mass is 16.5. The predicted octanol–water partition coefficient (Wildman–Crippen LogP) is 0.178. The van der Waals surface area contributed by atoms with E-state index in [0.29, 0.717) is 12.5 Å². The smallest absolute Gasteiger partial charge is 0.253 e. The van der Waals surface area contributed by atoms with Gasteiger partial charge in [-0.15, -0.1) is 0 Å². The van der Waals surface area contributed by atoms with Crippen molar-refractivity contribution in [1.82, 2.24) is 14.9 Å². The van der Waals surface area contributed by atoms with E-state index in [4.69, 9.17) is 4.74 Å². The van der Waals surface area contributed by atoms with Gasteiger partial charge in [-0.2, -0.15) is 0 Å². The molecule has 5 nitrogen and oxygen atoms in total. The van der Waals surface area contributed by atoms with Crippen molar-refractivity contribution >= 4 is 0 Å². The van der Waals surface area contributed by atoms with Gasteiger partial charge in [0.15, 0.2) is 0 Å². The van der Waals surface area contributed by atoms with Crippen LogP contribution in [0.15, 0.2) is 17.2 Å². The Hall–Kier alpha value is -1.20. The van der Waals surface area contributed by atoms with Crippen molar-refractivity contribution in [3.63, 3.8) is 0 Å². The Morgan fingerprint density at radius 2 is 2.53 bits per heavy atom. The minimum Gasteiger partial charge on any atom is -0.381 e. The Balaban J connectivity index is 1.72. The molecule has 1 saturated heterocycles. The molecule has 1 N–H and O–H groups in total. The van der Waals surface area contributed by atoms with Crippen LogP contribution >= 0.6 is 0 Å².